The molecule has 9 nitrogen and oxygen atoms in total. The predicted molar refractivity (Wildman–Crippen MR) is 116 cm³/mol. The number of fused-ring (bicyclic) bond motifs is 1. The van der Waals surface area contributed by atoms with E-state index in [4.69, 9.17) is 9.47 Å². The molecule has 0 radical (unpaired) electrons. The molecule has 1 heterocycles. The van der Waals surface area contributed by atoms with Crippen LogP contribution < -0.4 is 19.7 Å². The van der Waals surface area contributed by atoms with E-state index in [1.54, 1.807) is 31.2 Å². The Morgan fingerprint density at radius 2 is 1.90 bits per heavy atom. The van der Waals surface area contributed by atoms with E-state index in [0.717, 1.165) is 0 Å². The summed E-state index contributed by atoms with van der Waals surface area (Å²) >= 11 is 0. The van der Waals surface area contributed by atoms with E-state index < -0.39 is 28.9 Å². The predicted octanol–water partition coefficient (Wildman–Crippen LogP) is 3.77. The fourth-order valence-corrected chi connectivity index (χ4v) is 3.34. The van der Waals surface area contributed by atoms with E-state index in [9.17, 15) is 19.7 Å². The molecule has 164 valence electrons. The molecule has 31 heavy (non-hydrogen) atoms. The van der Waals surface area contributed by atoms with E-state index in [-0.39, 0.29) is 17.3 Å². The van der Waals surface area contributed by atoms with Crippen LogP contribution in [0.3, 0.4) is 0 Å². The Hall–Kier alpha value is -3.62. The van der Waals surface area contributed by atoms with Crippen LogP contribution in [0, 0.1) is 16.0 Å². The third-order valence-corrected chi connectivity index (χ3v) is 4.95. The smallest absolute Gasteiger partial charge is 0.271 e. The van der Waals surface area contributed by atoms with E-state index in [0.29, 0.717) is 23.8 Å². The van der Waals surface area contributed by atoms with Crippen LogP contribution in [-0.4, -0.2) is 35.5 Å². The van der Waals surface area contributed by atoms with Crippen LogP contribution in [0.5, 0.6) is 11.5 Å². The number of nitrogens with one attached hydrogen (secondary N) is 1. The van der Waals surface area contributed by atoms with Gasteiger partial charge in [-0.15, -0.1) is 0 Å². The first kappa shape index (κ1) is 22.1. The Kier molecular flexibility index (Phi) is 6.43. The number of nitro groups is 1. The topological polar surface area (TPSA) is 111 Å². The van der Waals surface area contributed by atoms with Gasteiger partial charge < -0.3 is 14.8 Å². The number of nitro benzene ring substituents is 1. The van der Waals surface area contributed by atoms with Gasteiger partial charge in [-0.1, -0.05) is 13.8 Å². The van der Waals surface area contributed by atoms with E-state index in [2.05, 4.69) is 5.32 Å². The Bertz CT molecular complexity index is 989. The third-order valence-electron chi connectivity index (χ3n) is 4.95. The lowest BCUT2D eigenvalue weighted by Gasteiger charge is -2.38. The zero-order chi connectivity index (χ0) is 22.7. The summed E-state index contributed by atoms with van der Waals surface area (Å²) < 4.78 is 11.2. The summed E-state index contributed by atoms with van der Waals surface area (Å²) in [6.45, 7) is 7.66. The van der Waals surface area contributed by atoms with Crippen LogP contribution in [0.25, 0.3) is 0 Å². The van der Waals surface area contributed by atoms with Gasteiger partial charge in [0.05, 0.1) is 17.2 Å². The van der Waals surface area contributed by atoms with Gasteiger partial charge in [0.2, 0.25) is 5.91 Å². The fourth-order valence-electron chi connectivity index (χ4n) is 3.34. The molecule has 0 aliphatic carbocycles. The summed E-state index contributed by atoms with van der Waals surface area (Å²) in [6.07, 6.45) is -0.797. The molecule has 0 saturated carbocycles. The molecule has 1 aliphatic heterocycles. The maximum Gasteiger partial charge on any atom is 0.271 e. The largest absolute Gasteiger partial charge is 0.494 e. The molecular weight excluding hydrogens is 402 g/mol. The maximum absolute atomic E-state index is 13.2. The Labute approximate surface area is 180 Å². The number of amides is 2. The van der Waals surface area contributed by atoms with Gasteiger partial charge in [-0.2, -0.15) is 0 Å². The lowest BCUT2D eigenvalue weighted by atomic mass is 10.0. The molecule has 0 bridgehead atoms. The van der Waals surface area contributed by atoms with Crippen LogP contribution in [0.4, 0.5) is 17.1 Å². The van der Waals surface area contributed by atoms with Crippen LogP contribution in [0.1, 0.15) is 27.7 Å². The van der Waals surface area contributed by atoms with Gasteiger partial charge in [-0.05, 0) is 50.1 Å². The highest BCUT2D eigenvalue weighted by molar-refractivity contribution is 6.08. The monoisotopic (exact) mass is 427 g/mol. The highest BCUT2D eigenvalue weighted by Crippen LogP contribution is 2.39. The van der Waals surface area contributed by atoms with Gasteiger partial charge in [-0.3, -0.25) is 24.6 Å². The van der Waals surface area contributed by atoms with Gasteiger partial charge in [-0.25, -0.2) is 0 Å². The SMILES string of the molecule is CCOc1ccc(NC(=O)C(C)N2C(=O)C(C(C)C)Oc3ccc([N+](=O)[O-])cc32)cc1. The Balaban J connectivity index is 1.90. The number of ether oxygens (including phenoxy) is 2. The Morgan fingerprint density at radius 3 is 2.48 bits per heavy atom. The normalized spacial score (nSPS) is 16.4. The van der Waals surface area contributed by atoms with Crippen LogP contribution in [0.15, 0.2) is 42.5 Å². The van der Waals surface area contributed by atoms with Gasteiger partial charge in [0.15, 0.2) is 6.10 Å². The molecule has 2 atom stereocenters. The molecule has 0 spiro atoms. The minimum atomic E-state index is -0.926. The number of benzene rings is 2. The Morgan fingerprint density at radius 1 is 1.23 bits per heavy atom. The summed E-state index contributed by atoms with van der Waals surface area (Å²) in [5.74, 6) is -0.000962. The molecule has 2 aromatic rings. The van der Waals surface area contributed by atoms with Crippen molar-refractivity contribution in [3.63, 3.8) is 0 Å². The maximum atomic E-state index is 13.2. The number of carbonyl (C=O) groups excluding carboxylic acids is 2. The van der Waals surface area contributed by atoms with Crippen molar-refractivity contribution in [1.82, 2.24) is 0 Å². The van der Waals surface area contributed by atoms with Crippen molar-refractivity contribution in [3.05, 3.63) is 52.6 Å². The second kappa shape index (κ2) is 9.03. The number of hydrogen-bond acceptors (Lipinski definition) is 6. The third kappa shape index (κ3) is 4.60. The first-order chi connectivity index (χ1) is 14.7. The number of carbonyl (C=O) groups is 2. The highest BCUT2D eigenvalue weighted by atomic mass is 16.6. The lowest BCUT2D eigenvalue weighted by Crippen LogP contribution is -2.55. The van der Waals surface area contributed by atoms with Crippen molar-refractivity contribution < 1.29 is 24.0 Å². The molecule has 2 unspecified atom stereocenters. The van der Waals surface area contributed by atoms with Crippen molar-refractivity contribution in [1.29, 1.82) is 0 Å². The van der Waals surface area contributed by atoms with Crippen LogP contribution in [0.2, 0.25) is 0 Å². The fraction of sp³-hybridized carbons (Fsp3) is 0.364. The molecule has 2 amide bonds. The molecule has 2 aromatic carbocycles. The average molecular weight is 427 g/mol. The molecule has 0 aromatic heterocycles. The first-order valence-electron chi connectivity index (χ1n) is 10.0. The first-order valence-corrected chi connectivity index (χ1v) is 10.0. The highest BCUT2D eigenvalue weighted by Gasteiger charge is 2.41. The van der Waals surface area contributed by atoms with Crippen molar-refractivity contribution >= 4 is 28.9 Å². The van der Waals surface area contributed by atoms with Gasteiger partial charge in [0.1, 0.15) is 17.5 Å². The zero-order valence-electron chi connectivity index (χ0n) is 17.8. The number of non-ortho nitro benzene ring substituents is 1. The lowest BCUT2D eigenvalue weighted by molar-refractivity contribution is -0.384. The summed E-state index contributed by atoms with van der Waals surface area (Å²) in [7, 11) is 0. The summed E-state index contributed by atoms with van der Waals surface area (Å²) in [6, 6.07) is 9.97. The quantitative estimate of drug-likeness (QED) is 0.532. The summed E-state index contributed by atoms with van der Waals surface area (Å²) in [5.41, 5.74) is 0.549. The molecule has 0 saturated heterocycles. The number of nitrogens with zero attached hydrogens (tertiary/aromatic N) is 2. The average Bonchev–Trinajstić information content (AvgIpc) is 2.73. The van der Waals surface area contributed by atoms with Crippen LogP contribution >= 0.6 is 0 Å². The minimum absolute atomic E-state index is 0.153. The summed E-state index contributed by atoms with van der Waals surface area (Å²) in [5, 5.41) is 14.0. The van der Waals surface area contributed by atoms with E-state index >= 15 is 0 Å². The van der Waals surface area contributed by atoms with Gasteiger partial charge in [0, 0.05) is 17.8 Å². The minimum Gasteiger partial charge on any atom is -0.494 e. The number of anilines is 2. The van der Waals surface area contributed by atoms with Gasteiger partial charge >= 0.3 is 0 Å². The van der Waals surface area contributed by atoms with E-state index in [1.807, 2.05) is 20.8 Å². The van der Waals surface area contributed by atoms with Crippen molar-refractivity contribution in [2.75, 3.05) is 16.8 Å². The standard InChI is InChI=1S/C22H25N3O6/c1-5-30-17-9-6-15(7-10-17)23-21(26)14(4)24-18-12-16(25(28)29)8-11-19(18)31-20(13(2)3)22(24)27/h6-14,20H,5H2,1-4H3,(H,23,26). The van der Waals surface area contributed by atoms with Gasteiger partial charge in [0.25, 0.3) is 11.6 Å². The van der Waals surface area contributed by atoms with Crippen molar-refractivity contribution in [2.24, 2.45) is 5.92 Å². The van der Waals surface area contributed by atoms with E-state index in [1.165, 1.54) is 23.1 Å². The van der Waals surface area contributed by atoms with Crippen molar-refractivity contribution in [2.45, 2.75) is 39.8 Å². The molecule has 9 heteroatoms. The molecular formula is C22H25N3O6. The number of rotatable bonds is 7. The molecule has 3 rings (SSSR count). The summed E-state index contributed by atoms with van der Waals surface area (Å²) in [4.78, 5) is 38.1. The zero-order valence-corrected chi connectivity index (χ0v) is 17.8. The molecule has 0 fully saturated rings. The second-order valence-electron chi connectivity index (χ2n) is 7.52. The van der Waals surface area contributed by atoms with Crippen molar-refractivity contribution in [3.8, 4) is 11.5 Å². The van der Waals surface area contributed by atoms with Crippen LogP contribution in [-0.2, 0) is 9.59 Å². The molecule has 1 aliphatic rings. The second-order valence-corrected chi connectivity index (χ2v) is 7.52. The number of hydrogen-bond donors (Lipinski definition) is 1. The molecule has 1 N–H and O–H groups in total.